The Morgan fingerprint density at radius 3 is 2.58 bits per heavy atom. The third kappa shape index (κ3) is 3.36. The summed E-state index contributed by atoms with van der Waals surface area (Å²) in [4.78, 5) is 11.4. The van der Waals surface area contributed by atoms with E-state index in [1.165, 1.54) is 6.92 Å². The van der Waals surface area contributed by atoms with E-state index in [1.54, 1.807) is 12.1 Å². The second-order valence-electron chi connectivity index (χ2n) is 5.56. The molecular weight excluding hydrogens is 358 g/mol. The molecule has 0 unspecified atom stereocenters. The molecule has 0 saturated heterocycles. The first-order valence-corrected chi connectivity index (χ1v) is 9.50. The van der Waals surface area contributed by atoms with Crippen molar-refractivity contribution in [1.82, 2.24) is 0 Å². The van der Waals surface area contributed by atoms with Crippen molar-refractivity contribution in [3.8, 4) is 22.8 Å². The van der Waals surface area contributed by atoms with Crippen molar-refractivity contribution in [2.75, 3.05) is 10.5 Å². The van der Waals surface area contributed by atoms with Crippen LogP contribution in [0, 0.1) is 0 Å². The fourth-order valence-corrected chi connectivity index (χ4v) is 3.09. The maximum atomic E-state index is 11.9. The first kappa shape index (κ1) is 17.8. The maximum absolute atomic E-state index is 11.9. The maximum Gasteiger partial charge on any atom is 0.308 e. The van der Waals surface area contributed by atoms with Crippen LogP contribution in [0.4, 0.5) is 5.88 Å². The molecule has 0 aliphatic carbocycles. The molecule has 0 atom stereocenters. The van der Waals surface area contributed by atoms with E-state index in [0.29, 0.717) is 5.56 Å². The lowest BCUT2D eigenvalue weighted by atomic mass is 10.0. The smallest absolute Gasteiger partial charge is 0.308 e. The van der Waals surface area contributed by atoms with Gasteiger partial charge in [0.15, 0.2) is 5.76 Å². The average molecular weight is 375 g/mol. The second-order valence-corrected chi connectivity index (χ2v) is 7.57. The minimum absolute atomic E-state index is 0.00635. The predicted molar refractivity (Wildman–Crippen MR) is 97.7 cm³/mol. The lowest BCUT2D eigenvalue weighted by molar-refractivity contribution is -0.131. The summed E-state index contributed by atoms with van der Waals surface area (Å²) < 4.78 is 36.5. The molecule has 3 rings (SSSR count). The Labute approximate surface area is 150 Å². The number of fused-ring (bicyclic) bond motifs is 1. The van der Waals surface area contributed by atoms with Crippen LogP contribution in [-0.2, 0) is 14.8 Å². The van der Waals surface area contributed by atoms with E-state index >= 15 is 0 Å². The van der Waals surface area contributed by atoms with Gasteiger partial charge in [-0.3, -0.25) is 4.79 Å². The normalized spacial score (nSPS) is 11.5. The van der Waals surface area contributed by atoms with Crippen LogP contribution in [-0.4, -0.2) is 25.2 Å². The summed E-state index contributed by atoms with van der Waals surface area (Å²) in [7, 11) is -3.71. The molecule has 0 bridgehead atoms. The van der Waals surface area contributed by atoms with Gasteiger partial charge in [-0.2, -0.15) is 0 Å². The monoisotopic (exact) mass is 375 g/mol. The summed E-state index contributed by atoms with van der Waals surface area (Å²) in [5, 5.41) is 12.2. The number of rotatable bonds is 5. The molecular formula is C18H17NO6S. The zero-order valence-corrected chi connectivity index (χ0v) is 15.0. The Kier molecular flexibility index (Phi) is 4.60. The lowest BCUT2D eigenvalue weighted by Crippen LogP contribution is -2.15. The third-order valence-corrected chi connectivity index (χ3v) is 5.01. The molecule has 8 heteroatoms. The zero-order valence-electron chi connectivity index (χ0n) is 14.1. The van der Waals surface area contributed by atoms with Gasteiger partial charge in [0.1, 0.15) is 0 Å². The molecule has 0 aliphatic heterocycles. The van der Waals surface area contributed by atoms with Gasteiger partial charge >= 0.3 is 5.97 Å². The highest BCUT2D eigenvalue weighted by atomic mass is 32.2. The number of ether oxygens (including phenoxy) is 1. The number of carbonyl (C=O) groups is 1. The molecule has 136 valence electrons. The van der Waals surface area contributed by atoms with Gasteiger partial charge in [0.25, 0.3) is 5.88 Å². The molecule has 0 amide bonds. The van der Waals surface area contributed by atoms with Gasteiger partial charge in [0.05, 0.1) is 5.75 Å². The molecule has 2 N–H and O–H groups in total. The predicted octanol–water partition coefficient (Wildman–Crippen LogP) is 3.49. The molecule has 3 aromatic rings. The molecule has 0 saturated carbocycles. The van der Waals surface area contributed by atoms with Gasteiger partial charge in [-0.15, -0.1) is 0 Å². The first-order chi connectivity index (χ1) is 12.3. The number of furan rings is 1. The fraction of sp³-hybridized carbons (Fsp3) is 0.167. The quantitative estimate of drug-likeness (QED) is 0.661. The number of nitrogens with one attached hydrogen (secondary N) is 1. The van der Waals surface area contributed by atoms with Crippen LogP contribution in [0.5, 0.6) is 11.5 Å². The Hall–Kier alpha value is -3.00. The molecule has 1 aromatic heterocycles. The number of carbonyl (C=O) groups excluding carboxylic acids is 1. The zero-order chi connectivity index (χ0) is 18.9. The fourth-order valence-electron chi connectivity index (χ4n) is 2.53. The van der Waals surface area contributed by atoms with Gasteiger partial charge in [-0.25, -0.2) is 13.1 Å². The number of benzene rings is 2. The molecule has 0 aliphatic rings. The van der Waals surface area contributed by atoms with Crippen LogP contribution < -0.4 is 9.46 Å². The molecule has 0 radical (unpaired) electrons. The summed E-state index contributed by atoms with van der Waals surface area (Å²) in [6.45, 7) is 2.59. The Morgan fingerprint density at radius 2 is 1.88 bits per heavy atom. The highest BCUT2D eigenvalue weighted by molar-refractivity contribution is 7.92. The number of anilines is 1. The van der Waals surface area contributed by atoms with Crippen LogP contribution >= 0.6 is 0 Å². The molecule has 0 fully saturated rings. The van der Waals surface area contributed by atoms with Crippen molar-refractivity contribution in [1.29, 1.82) is 0 Å². The first-order valence-electron chi connectivity index (χ1n) is 7.85. The topological polar surface area (TPSA) is 106 Å². The Morgan fingerprint density at radius 1 is 1.19 bits per heavy atom. The standard InChI is InChI=1S/C18H17NO6S/c1-3-26(22,23)19-18-17(24-11(2)20)15(21)16(25-18)14-10-6-8-12-7-4-5-9-13(12)14/h4-10,19,21H,3H2,1-2H3. The lowest BCUT2D eigenvalue weighted by Gasteiger charge is -2.04. The molecule has 2 aromatic carbocycles. The number of sulfonamides is 1. The van der Waals surface area contributed by atoms with Gasteiger partial charge in [0.2, 0.25) is 21.5 Å². The molecule has 7 nitrogen and oxygen atoms in total. The average Bonchev–Trinajstić information content (AvgIpc) is 2.89. The van der Waals surface area contributed by atoms with E-state index in [0.717, 1.165) is 17.7 Å². The van der Waals surface area contributed by atoms with Gasteiger partial charge in [-0.05, 0) is 17.7 Å². The summed E-state index contributed by atoms with van der Waals surface area (Å²) in [6.07, 6.45) is 0. The van der Waals surface area contributed by atoms with Crippen LogP contribution in [0.1, 0.15) is 13.8 Å². The van der Waals surface area contributed by atoms with E-state index in [4.69, 9.17) is 9.15 Å². The number of esters is 1. The minimum atomic E-state index is -3.71. The van der Waals surface area contributed by atoms with Crippen molar-refractivity contribution in [2.45, 2.75) is 13.8 Å². The Balaban J connectivity index is 2.22. The van der Waals surface area contributed by atoms with Crippen LogP contribution in [0.3, 0.4) is 0 Å². The third-order valence-electron chi connectivity index (χ3n) is 3.75. The number of hydrogen-bond acceptors (Lipinski definition) is 6. The molecule has 26 heavy (non-hydrogen) atoms. The van der Waals surface area contributed by atoms with E-state index in [1.807, 2.05) is 30.3 Å². The Bertz CT molecular complexity index is 1080. The van der Waals surface area contributed by atoms with Gasteiger partial charge in [-0.1, -0.05) is 42.5 Å². The summed E-state index contributed by atoms with van der Waals surface area (Å²) in [5.41, 5.74) is 0.538. The van der Waals surface area contributed by atoms with Crippen LogP contribution in [0.15, 0.2) is 46.9 Å². The number of aromatic hydroxyl groups is 1. The highest BCUT2D eigenvalue weighted by Crippen LogP contribution is 2.48. The van der Waals surface area contributed by atoms with Crippen LogP contribution in [0.2, 0.25) is 0 Å². The van der Waals surface area contributed by atoms with Crippen molar-refractivity contribution in [3.63, 3.8) is 0 Å². The molecule has 0 spiro atoms. The largest absolute Gasteiger partial charge is 0.502 e. The van der Waals surface area contributed by atoms with Crippen molar-refractivity contribution >= 4 is 32.6 Å². The SMILES string of the molecule is CCS(=O)(=O)Nc1oc(-c2cccc3ccccc23)c(O)c1OC(C)=O. The van der Waals surface area contributed by atoms with Crippen LogP contribution in [0.25, 0.3) is 22.1 Å². The summed E-state index contributed by atoms with van der Waals surface area (Å²) in [6, 6.07) is 12.8. The van der Waals surface area contributed by atoms with E-state index in [-0.39, 0.29) is 23.1 Å². The van der Waals surface area contributed by atoms with Gasteiger partial charge < -0.3 is 14.3 Å². The van der Waals surface area contributed by atoms with E-state index in [9.17, 15) is 18.3 Å². The van der Waals surface area contributed by atoms with Crippen molar-refractivity contribution in [2.24, 2.45) is 0 Å². The summed E-state index contributed by atoms with van der Waals surface area (Å²) in [5.74, 6) is -2.09. The highest BCUT2D eigenvalue weighted by Gasteiger charge is 2.27. The van der Waals surface area contributed by atoms with Crippen molar-refractivity contribution < 1.29 is 27.5 Å². The second kappa shape index (κ2) is 6.72. The van der Waals surface area contributed by atoms with E-state index < -0.39 is 21.7 Å². The summed E-state index contributed by atoms with van der Waals surface area (Å²) >= 11 is 0. The van der Waals surface area contributed by atoms with E-state index in [2.05, 4.69) is 4.72 Å². The minimum Gasteiger partial charge on any atom is -0.502 e. The van der Waals surface area contributed by atoms with Crippen molar-refractivity contribution in [3.05, 3.63) is 42.5 Å². The number of hydrogen-bond donors (Lipinski definition) is 2. The van der Waals surface area contributed by atoms with Gasteiger partial charge in [0, 0.05) is 12.5 Å². The molecule has 1 heterocycles.